The third-order valence-corrected chi connectivity index (χ3v) is 7.00. The molecule has 0 saturated carbocycles. The largest absolute Gasteiger partial charge is 0.345 e. The number of hydrogen-bond acceptors (Lipinski definition) is 5. The van der Waals surface area contributed by atoms with Gasteiger partial charge in [0.05, 0.1) is 0 Å². The predicted octanol–water partition coefficient (Wildman–Crippen LogP) is 3.30. The van der Waals surface area contributed by atoms with Gasteiger partial charge in [-0.1, -0.05) is 38.8 Å². The van der Waals surface area contributed by atoms with Crippen molar-refractivity contribution in [3.63, 3.8) is 0 Å². The molecule has 2 aliphatic heterocycles. The van der Waals surface area contributed by atoms with E-state index in [9.17, 15) is 9.59 Å². The molecule has 1 spiro atoms. The summed E-state index contributed by atoms with van der Waals surface area (Å²) in [5, 5.41) is 3.02. The maximum absolute atomic E-state index is 12.6. The van der Waals surface area contributed by atoms with Crippen molar-refractivity contribution >= 4 is 29.6 Å². The van der Waals surface area contributed by atoms with E-state index in [0.717, 1.165) is 55.1 Å². The molecule has 2 aliphatic rings. The summed E-state index contributed by atoms with van der Waals surface area (Å²) in [6.45, 7) is 10.1. The number of nitrogens with one attached hydrogen (secondary N) is 1. The van der Waals surface area contributed by atoms with Crippen molar-refractivity contribution in [2.75, 3.05) is 32.9 Å². The Bertz CT molecular complexity index is 849. The van der Waals surface area contributed by atoms with Crippen LogP contribution in [0.2, 0.25) is 0 Å². The summed E-state index contributed by atoms with van der Waals surface area (Å²) in [4.78, 5) is 31.1. The van der Waals surface area contributed by atoms with Crippen molar-refractivity contribution in [2.24, 2.45) is 10.4 Å². The van der Waals surface area contributed by atoms with Crippen LogP contribution in [0.15, 0.2) is 23.2 Å². The van der Waals surface area contributed by atoms with Crippen LogP contribution in [0.5, 0.6) is 0 Å². The average Bonchev–Trinajstić information content (AvgIpc) is 3.00. The molecule has 1 saturated heterocycles. The minimum Gasteiger partial charge on any atom is -0.345 e. The van der Waals surface area contributed by atoms with Crippen LogP contribution in [0, 0.1) is 12.3 Å². The SMILES string of the molecule is Cc1cc(C(=O)N(C)C)ccc1CCSN1CCC2(CC1)N=C(C(C)(C)C)NC2=O. The Morgan fingerprint density at radius 3 is 2.47 bits per heavy atom. The molecule has 0 bridgehead atoms. The Labute approximate surface area is 184 Å². The maximum Gasteiger partial charge on any atom is 0.253 e. The first kappa shape index (κ1) is 22.8. The Kier molecular flexibility index (Phi) is 6.63. The van der Waals surface area contributed by atoms with Gasteiger partial charge in [0.2, 0.25) is 0 Å². The lowest BCUT2D eigenvalue weighted by molar-refractivity contribution is -0.124. The smallest absolute Gasteiger partial charge is 0.253 e. The van der Waals surface area contributed by atoms with Crippen molar-refractivity contribution in [3.05, 3.63) is 34.9 Å². The van der Waals surface area contributed by atoms with E-state index in [-0.39, 0.29) is 17.2 Å². The van der Waals surface area contributed by atoms with Gasteiger partial charge >= 0.3 is 0 Å². The number of carbonyl (C=O) groups is 2. The van der Waals surface area contributed by atoms with Crippen LogP contribution in [0.25, 0.3) is 0 Å². The number of aryl methyl sites for hydroxylation is 2. The third-order valence-electron chi connectivity index (χ3n) is 5.88. The molecule has 0 unspecified atom stereocenters. The second kappa shape index (κ2) is 8.71. The van der Waals surface area contributed by atoms with Gasteiger partial charge in [-0.05, 0) is 49.4 Å². The molecule has 2 heterocycles. The van der Waals surface area contributed by atoms with Crippen molar-refractivity contribution in [1.29, 1.82) is 0 Å². The first-order chi connectivity index (χ1) is 14.0. The fourth-order valence-electron chi connectivity index (χ4n) is 3.85. The van der Waals surface area contributed by atoms with Crippen LogP contribution >= 0.6 is 11.9 Å². The second-order valence-electron chi connectivity index (χ2n) is 9.55. The van der Waals surface area contributed by atoms with Crippen molar-refractivity contribution in [1.82, 2.24) is 14.5 Å². The average molecular weight is 431 g/mol. The van der Waals surface area contributed by atoms with Gasteiger partial charge in [-0.15, -0.1) is 0 Å². The van der Waals surface area contributed by atoms with Gasteiger partial charge in [-0.3, -0.25) is 18.9 Å². The van der Waals surface area contributed by atoms with E-state index in [1.54, 1.807) is 19.0 Å². The Morgan fingerprint density at radius 2 is 1.93 bits per heavy atom. The number of amidine groups is 1. The monoisotopic (exact) mass is 430 g/mol. The maximum atomic E-state index is 12.6. The molecule has 164 valence electrons. The van der Waals surface area contributed by atoms with E-state index in [4.69, 9.17) is 4.99 Å². The van der Waals surface area contributed by atoms with Crippen molar-refractivity contribution in [3.8, 4) is 0 Å². The van der Waals surface area contributed by atoms with E-state index in [2.05, 4.69) is 43.4 Å². The molecule has 1 N–H and O–H groups in total. The van der Waals surface area contributed by atoms with E-state index >= 15 is 0 Å². The number of rotatable bonds is 5. The van der Waals surface area contributed by atoms with E-state index in [0.29, 0.717) is 0 Å². The summed E-state index contributed by atoms with van der Waals surface area (Å²) in [5.74, 6) is 1.91. The molecular formula is C23H34N4O2S. The molecule has 1 aromatic carbocycles. The van der Waals surface area contributed by atoms with Crippen molar-refractivity contribution in [2.45, 2.75) is 52.5 Å². The zero-order valence-corrected chi connectivity index (χ0v) is 19.9. The van der Waals surface area contributed by atoms with Crippen LogP contribution in [-0.4, -0.2) is 65.3 Å². The molecule has 0 radical (unpaired) electrons. The zero-order valence-electron chi connectivity index (χ0n) is 19.0. The molecule has 6 nitrogen and oxygen atoms in total. The summed E-state index contributed by atoms with van der Waals surface area (Å²) in [6, 6.07) is 5.98. The Hall–Kier alpha value is -1.86. The van der Waals surface area contributed by atoms with Crippen LogP contribution < -0.4 is 5.32 Å². The summed E-state index contributed by atoms with van der Waals surface area (Å²) >= 11 is 1.84. The molecule has 30 heavy (non-hydrogen) atoms. The Balaban J connectivity index is 1.51. The minimum atomic E-state index is -0.564. The van der Waals surface area contributed by atoms with Crippen LogP contribution in [-0.2, 0) is 11.2 Å². The zero-order chi connectivity index (χ0) is 22.1. The van der Waals surface area contributed by atoms with E-state index in [1.807, 2.05) is 24.1 Å². The normalized spacial score (nSPS) is 19.0. The van der Waals surface area contributed by atoms with Crippen molar-refractivity contribution < 1.29 is 9.59 Å². The lowest BCUT2D eigenvalue weighted by atomic mass is 9.89. The van der Waals surface area contributed by atoms with Gasteiger partial charge in [0.25, 0.3) is 11.8 Å². The van der Waals surface area contributed by atoms with Gasteiger partial charge in [0.1, 0.15) is 11.4 Å². The van der Waals surface area contributed by atoms with Crippen LogP contribution in [0.1, 0.15) is 55.1 Å². The molecule has 0 aromatic heterocycles. The van der Waals surface area contributed by atoms with E-state index < -0.39 is 5.54 Å². The van der Waals surface area contributed by atoms with Gasteiger partial charge in [-0.2, -0.15) is 0 Å². The number of hydrogen-bond donors (Lipinski definition) is 1. The molecule has 2 amide bonds. The molecule has 3 rings (SSSR count). The molecule has 7 heteroatoms. The highest BCUT2D eigenvalue weighted by Crippen LogP contribution is 2.35. The molecule has 1 fully saturated rings. The third kappa shape index (κ3) is 4.89. The van der Waals surface area contributed by atoms with E-state index in [1.165, 1.54) is 5.56 Å². The highest BCUT2D eigenvalue weighted by atomic mass is 32.2. The first-order valence-electron chi connectivity index (χ1n) is 10.6. The summed E-state index contributed by atoms with van der Waals surface area (Å²) in [7, 11) is 3.55. The Morgan fingerprint density at radius 1 is 1.27 bits per heavy atom. The summed E-state index contributed by atoms with van der Waals surface area (Å²) < 4.78 is 2.36. The topological polar surface area (TPSA) is 65.0 Å². The lowest BCUT2D eigenvalue weighted by Gasteiger charge is -2.34. The van der Waals surface area contributed by atoms with Crippen LogP contribution in [0.4, 0.5) is 0 Å². The summed E-state index contributed by atoms with van der Waals surface area (Å²) in [6.07, 6.45) is 2.50. The molecular weight excluding hydrogens is 396 g/mol. The number of piperidine rings is 1. The van der Waals surface area contributed by atoms with Gasteiger partial charge in [0.15, 0.2) is 0 Å². The number of benzene rings is 1. The highest BCUT2D eigenvalue weighted by molar-refractivity contribution is 7.97. The first-order valence-corrected chi connectivity index (χ1v) is 11.6. The number of nitrogens with zero attached hydrogens (tertiary/aromatic N) is 3. The standard InChI is InChI=1S/C23H34N4O2S/c1-16-15-18(19(28)26(5)6)8-7-17(16)9-14-30-27-12-10-23(11-13-27)21(29)24-20(25-23)22(2,3)4/h7-8,15H,9-14H2,1-6H3,(H,24,25,29). The lowest BCUT2D eigenvalue weighted by Crippen LogP contribution is -2.47. The quantitative estimate of drug-likeness (QED) is 0.728. The van der Waals surface area contributed by atoms with Gasteiger partial charge < -0.3 is 10.2 Å². The highest BCUT2D eigenvalue weighted by Gasteiger charge is 2.47. The molecule has 0 atom stereocenters. The van der Waals surface area contributed by atoms with Gasteiger partial charge in [-0.25, -0.2) is 0 Å². The fourth-order valence-corrected chi connectivity index (χ4v) is 4.86. The number of aliphatic imine (C=N–C) groups is 1. The van der Waals surface area contributed by atoms with Gasteiger partial charge in [0, 0.05) is 43.9 Å². The number of carbonyl (C=O) groups excluding carboxylic acids is 2. The van der Waals surface area contributed by atoms with Crippen LogP contribution in [0.3, 0.4) is 0 Å². The number of amides is 2. The second-order valence-corrected chi connectivity index (χ2v) is 10.7. The molecule has 1 aromatic rings. The summed E-state index contributed by atoms with van der Waals surface area (Å²) in [5.41, 5.74) is 2.48. The minimum absolute atomic E-state index is 0.0366. The predicted molar refractivity (Wildman–Crippen MR) is 124 cm³/mol. The fraction of sp³-hybridized carbons (Fsp3) is 0.609. The molecule has 0 aliphatic carbocycles.